The van der Waals surface area contributed by atoms with Crippen molar-refractivity contribution in [2.24, 2.45) is 0 Å². The van der Waals surface area contributed by atoms with Crippen molar-refractivity contribution in [2.75, 3.05) is 25.7 Å². The molecule has 1 amide bonds. The quantitative estimate of drug-likeness (QED) is 0.605. The van der Waals surface area contributed by atoms with Gasteiger partial charge in [0.1, 0.15) is 5.75 Å². The van der Waals surface area contributed by atoms with E-state index in [1.807, 2.05) is 48.5 Å². The number of nitrogens with zero attached hydrogens (tertiary/aromatic N) is 1. The van der Waals surface area contributed by atoms with Crippen molar-refractivity contribution >= 4 is 23.6 Å². The topological polar surface area (TPSA) is 55.8 Å². The molecule has 0 saturated carbocycles. The molecule has 2 aromatic carbocycles. The standard InChI is InChI=1S/C19H19NO4/c1-20(16-8-4-3-5-9-16)18(21)14-24-19(22)12-11-15-7-6-10-17(13-15)23-2/h3-13H,14H2,1-2H3/b12-11+. The van der Waals surface area contributed by atoms with Crippen LogP contribution in [0.15, 0.2) is 60.7 Å². The van der Waals surface area contributed by atoms with E-state index in [2.05, 4.69) is 0 Å². The minimum Gasteiger partial charge on any atom is -0.497 e. The lowest BCUT2D eigenvalue weighted by Gasteiger charge is -2.16. The van der Waals surface area contributed by atoms with Gasteiger partial charge in [-0.25, -0.2) is 4.79 Å². The highest BCUT2D eigenvalue weighted by Crippen LogP contribution is 2.14. The van der Waals surface area contributed by atoms with Crippen LogP contribution < -0.4 is 9.64 Å². The van der Waals surface area contributed by atoms with E-state index in [9.17, 15) is 9.59 Å². The molecule has 0 aliphatic carbocycles. The summed E-state index contributed by atoms with van der Waals surface area (Å²) in [6.07, 6.45) is 2.89. The summed E-state index contributed by atoms with van der Waals surface area (Å²) in [7, 11) is 3.21. The van der Waals surface area contributed by atoms with E-state index in [4.69, 9.17) is 9.47 Å². The van der Waals surface area contributed by atoms with E-state index in [0.29, 0.717) is 5.75 Å². The molecule has 0 atom stereocenters. The van der Waals surface area contributed by atoms with Crippen LogP contribution in [0, 0.1) is 0 Å². The van der Waals surface area contributed by atoms with Crippen LogP contribution in [-0.2, 0) is 14.3 Å². The second kappa shape index (κ2) is 8.53. The summed E-state index contributed by atoms with van der Waals surface area (Å²) in [5.41, 5.74) is 1.55. The first-order chi connectivity index (χ1) is 11.6. The molecule has 0 aliphatic heterocycles. The fourth-order valence-corrected chi connectivity index (χ4v) is 1.98. The first-order valence-corrected chi connectivity index (χ1v) is 7.40. The first-order valence-electron chi connectivity index (χ1n) is 7.40. The normalized spacial score (nSPS) is 10.4. The van der Waals surface area contributed by atoms with Gasteiger partial charge < -0.3 is 14.4 Å². The minimum atomic E-state index is -0.576. The number of amides is 1. The van der Waals surface area contributed by atoms with E-state index in [0.717, 1.165) is 11.3 Å². The number of carbonyl (C=O) groups is 2. The van der Waals surface area contributed by atoms with Crippen molar-refractivity contribution in [3.63, 3.8) is 0 Å². The van der Waals surface area contributed by atoms with Gasteiger partial charge in [-0.15, -0.1) is 0 Å². The Morgan fingerprint density at radius 2 is 1.83 bits per heavy atom. The molecule has 124 valence electrons. The van der Waals surface area contributed by atoms with Gasteiger partial charge in [-0.1, -0.05) is 30.3 Å². The molecule has 0 heterocycles. The van der Waals surface area contributed by atoms with Crippen LogP contribution in [0.1, 0.15) is 5.56 Å². The van der Waals surface area contributed by atoms with Gasteiger partial charge in [-0.2, -0.15) is 0 Å². The number of anilines is 1. The Balaban J connectivity index is 1.86. The molecular weight excluding hydrogens is 306 g/mol. The summed E-state index contributed by atoms with van der Waals surface area (Å²) >= 11 is 0. The third kappa shape index (κ3) is 4.98. The zero-order chi connectivity index (χ0) is 17.4. The van der Waals surface area contributed by atoms with Gasteiger partial charge in [0.25, 0.3) is 5.91 Å². The molecule has 5 heteroatoms. The molecule has 2 rings (SSSR count). The molecule has 5 nitrogen and oxygen atoms in total. The number of ether oxygens (including phenoxy) is 2. The largest absolute Gasteiger partial charge is 0.497 e. The molecule has 0 aliphatic rings. The first kappa shape index (κ1) is 17.3. The average Bonchev–Trinajstić information content (AvgIpc) is 2.64. The van der Waals surface area contributed by atoms with Crippen molar-refractivity contribution in [3.05, 3.63) is 66.2 Å². The molecular formula is C19H19NO4. The van der Waals surface area contributed by atoms with E-state index in [1.165, 1.54) is 11.0 Å². The number of carbonyl (C=O) groups excluding carboxylic acids is 2. The van der Waals surface area contributed by atoms with Crippen LogP contribution in [0.2, 0.25) is 0 Å². The third-order valence-corrected chi connectivity index (χ3v) is 3.36. The van der Waals surface area contributed by atoms with Crippen molar-refractivity contribution < 1.29 is 19.1 Å². The van der Waals surface area contributed by atoms with Crippen LogP contribution in [0.3, 0.4) is 0 Å². The Morgan fingerprint density at radius 3 is 2.54 bits per heavy atom. The van der Waals surface area contributed by atoms with Crippen molar-refractivity contribution in [1.29, 1.82) is 0 Å². The van der Waals surface area contributed by atoms with Gasteiger partial charge in [0.15, 0.2) is 6.61 Å². The average molecular weight is 325 g/mol. The Morgan fingerprint density at radius 1 is 1.08 bits per heavy atom. The fourth-order valence-electron chi connectivity index (χ4n) is 1.98. The summed E-state index contributed by atoms with van der Waals surface area (Å²) in [5.74, 6) is -0.179. The third-order valence-electron chi connectivity index (χ3n) is 3.36. The Bertz CT molecular complexity index is 725. The maximum atomic E-state index is 12.0. The van der Waals surface area contributed by atoms with Crippen LogP contribution in [0.5, 0.6) is 5.75 Å². The molecule has 0 bridgehead atoms. The zero-order valence-electron chi connectivity index (χ0n) is 13.6. The lowest BCUT2D eigenvalue weighted by atomic mass is 10.2. The predicted octanol–water partition coefficient (Wildman–Crippen LogP) is 2.91. The molecule has 0 fully saturated rings. The number of rotatable bonds is 6. The summed E-state index contributed by atoms with van der Waals surface area (Å²) in [5, 5.41) is 0. The summed E-state index contributed by atoms with van der Waals surface area (Å²) in [6.45, 7) is -0.313. The van der Waals surface area contributed by atoms with E-state index in [1.54, 1.807) is 26.3 Å². The fraction of sp³-hybridized carbons (Fsp3) is 0.158. The minimum absolute atomic E-state index is 0.302. The monoisotopic (exact) mass is 325 g/mol. The highest BCUT2D eigenvalue weighted by atomic mass is 16.5. The predicted molar refractivity (Wildman–Crippen MR) is 92.8 cm³/mol. The van der Waals surface area contributed by atoms with E-state index in [-0.39, 0.29) is 12.5 Å². The lowest BCUT2D eigenvalue weighted by molar-refractivity contribution is -0.142. The van der Waals surface area contributed by atoms with Gasteiger partial charge in [0, 0.05) is 18.8 Å². The van der Waals surface area contributed by atoms with Gasteiger partial charge in [0.2, 0.25) is 0 Å². The Kier molecular flexibility index (Phi) is 6.14. The lowest BCUT2D eigenvalue weighted by Crippen LogP contribution is -2.30. The molecule has 0 spiro atoms. The maximum Gasteiger partial charge on any atom is 0.331 e. The number of esters is 1. The SMILES string of the molecule is COc1cccc(/C=C/C(=O)OCC(=O)N(C)c2ccccc2)c1. The zero-order valence-corrected chi connectivity index (χ0v) is 13.6. The molecule has 0 aromatic heterocycles. The molecule has 2 aromatic rings. The number of likely N-dealkylation sites (N-methyl/N-ethyl adjacent to an activating group) is 1. The molecule has 0 N–H and O–H groups in total. The van der Waals surface area contributed by atoms with Crippen LogP contribution in [0.25, 0.3) is 6.08 Å². The van der Waals surface area contributed by atoms with Crippen LogP contribution >= 0.6 is 0 Å². The Hall–Kier alpha value is -3.08. The Labute approximate surface area is 141 Å². The number of hydrogen-bond donors (Lipinski definition) is 0. The number of hydrogen-bond acceptors (Lipinski definition) is 4. The smallest absolute Gasteiger partial charge is 0.331 e. The summed E-state index contributed by atoms with van der Waals surface area (Å²) < 4.78 is 10.1. The van der Waals surface area contributed by atoms with Gasteiger partial charge in [-0.3, -0.25) is 4.79 Å². The second-order valence-electron chi connectivity index (χ2n) is 5.01. The number of benzene rings is 2. The van der Waals surface area contributed by atoms with Crippen molar-refractivity contribution in [1.82, 2.24) is 0 Å². The van der Waals surface area contributed by atoms with Crippen LogP contribution in [0.4, 0.5) is 5.69 Å². The van der Waals surface area contributed by atoms with E-state index >= 15 is 0 Å². The van der Waals surface area contributed by atoms with Crippen molar-refractivity contribution in [3.8, 4) is 5.75 Å². The summed E-state index contributed by atoms with van der Waals surface area (Å²) in [6, 6.07) is 16.4. The molecule has 0 saturated heterocycles. The number of methoxy groups -OCH3 is 1. The highest BCUT2D eigenvalue weighted by Gasteiger charge is 2.12. The summed E-state index contributed by atoms with van der Waals surface area (Å²) in [4.78, 5) is 25.2. The number of para-hydroxylation sites is 1. The van der Waals surface area contributed by atoms with Crippen molar-refractivity contribution in [2.45, 2.75) is 0 Å². The molecule has 24 heavy (non-hydrogen) atoms. The highest BCUT2D eigenvalue weighted by molar-refractivity contribution is 5.96. The van der Waals surface area contributed by atoms with E-state index < -0.39 is 5.97 Å². The van der Waals surface area contributed by atoms with Gasteiger partial charge in [-0.05, 0) is 35.9 Å². The van der Waals surface area contributed by atoms with Gasteiger partial charge >= 0.3 is 5.97 Å². The van der Waals surface area contributed by atoms with Crippen LogP contribution in [-0.4, -0.2) is 32.6 Å². The maximum absolute atomic E-state index is 12.0. The second-order valence-corrected chi connectivity index (χ2v) is 5.01. The molecule has 0 radical (unpaired) electrons. The molecule has 0 unspecified atom stereocenters. The van der Waals surface area contributed by atoms with Gasteiger partial charge in [0.05, 0.1) is 7.11 Å².